The largest absolute Gasteiger partial charge is 0.474 e. The highest BCUT2D eigenvalue weighted by atomic mass is 16.5. The average molecular weight is 367 g/mol. The molecule has 6 nitrogen and oxygen atoms in total. The molecule has 0 spiro atoms. The van der Waals surface area contributed by atoms with Crippen LogP contribution in [0.3, 0.4) is 0 Å². The Hall–Kier alpha value is -2.89. The van der Waals surface area contributed by atoms with E-state index < -0.39 is 0 Å². The molecule has 1 aliphatic rings. The van der Waals surface area contributed by atoms with Gasteiger partial charge in [-0.05, 0) is 49.4 Å². The molecule has 1 fully saturated rings. The van der Waals surface area contributed by atoms with E-state index in [9.17, 15) is 9.59 Å². The number of nitrogens with one attached hydrogen (secondary N) is 2. The second kappa shape index (κ2) is 9.16. The maximum Gasteiger partial charge on any atom is 0.224 e. The summed E-state index contributed by atoms with van der Waals surface area (Å²) in [7, 11) is 0. The minimum Gasteiger partial charge on any atom is -0.474 e. The Morgan fingerprint density at radius 1 is 1.15 bits per heavy atom. The number of anilines is 1. The van der Waals surface area contributed by atoms with E-state index in [1.165, 1.54) is 19.8 Å². The molecule has 27 heavy (non-hydrogen) atoms. The predicted molar refractivity (Wildman–Crippen MR) is 103 cm³/mol. The molecule has 6 heteroatoms. The molecule has 2 aromatic rings. The Labute approximate surface area is 159 Å². The van der Waals surface area contributed by atoms with Gasteiger partial charge in [-0.1, -0.05) is 18.2 Å². The molecule has 1 heterocycles. The molecule has 1 aromatic heterocycles. The highest BCUT2D eigenvalue weighted by Gasteiger charge is 2.18. The molecular formula is C21H25N3O3. The lowest BCUT2D eigenvalue weighted by Gasteiger charge is -2.15. The van der Waals surface area contributed by atoms with Gasteiger partial charge in [0, 0.05) is 30.9 Å². The van der Waals surface area contributed by atoms with Gasteiger partial charge < -0.3 is 15.4 Å². The van der Waals surface area contributed by atoms with E-state index in [0.717, 1.165) is 29.7 Å². The van der Waals surface area contributed by atoms with E-state index in [-0.39, 0.29) is 24.3 Å². The molecule has 0 atom stereocenters. The van der Waals surface area contributed by atoms with E-state index in [4.69, 9.17) is 4.74 Å². The topological polar surface area (TPSA) is 80.3 Å². The first-order chi connectivity index (χ1) is 13.1. The van der Waals surface area contributed by atoms with Gasteiger partial charge in [0.2, 0.25) is 17.7 Å². The van der Waals surface area contributed by atoms with Crippen molar-refractivity contribution in [3.8, 4) is 5.88 Å². The van der Waals surface area contributed by atoms with Gasteiger partial charge in [0.15, 0.2) is 0 Å². The van der Waals surface area contributed by atoms with E-state index in [1.807, 2.05) is 24.3 Å². The molecule has 1 aromatic carbocycles. The Morgan fingerprint density at radius 2 is 1.89 bits per heavy atom. The standard InChI is InChI=1S/C21H25N3O3/c1-15(25)24-18-10-8-16(9-11-18)13-20(26)23-14-17-5-4-12-22-21(17)27-19-6-2-3-7-19/h4-5,8-12,19H,2-3,6-7,13-14H2,1H3,(H,23,26)(H,24,25). The zero-order chi connectivity index (χ0) is 19.1. The molecule has 142 valence electrons. The normalized spacial score (nSPS) is 14.0. The fourth-order valence-electron chi connectivity index (χ4n) is 3.18. The van der Waals surface area contributed by atoms with Crippen molar-refractivity contribution in [2.24, 2.45) is 0 Å². The van der Waals surface area contributed by atoms with E-state index in [2.05, 4.69) is 15.6 Å². The van der Waals surface area contributed by atoms with Crippen molar-refractivity contribution in [2.45, 2.75) is 51.7 Å². The fraction of sp³-hybridized carbons (Fsp3) is 0.381. The molecule has 0 unspecified atom stereocenters. The fourth-order valence-corrected chi connectivity index (χ4v) is 3.18. The van der Waals surface area contributed by atoms with Gasteiger partial charge in [0.05, 0.1) is 6.42 Å². The number of hydrogen-bond donors (Lipinski definition) is 2. The smallest absolute Gasteiger partial charge is 0.224 e. The summed E-state index contributed by atoms with van der Waals surface area (Å²) in [5.41, 5.74) is 2.49. The van der Waals surface area contributed by atoms with Crippen molar-refractivity contribution in [2.75, 3.05) is 5.32 Å². The van der Waals surface area contributed by atoms with Crippen LogP contribution in [0.1, 0.15) is 43.7 Å². The average Bonchev–Trinajstić information content (AvgIpc) is 3.15. The van der Waals surface area contributed by atoms with Gasteiger partial charge in [-0.2, -0.15) is 0 Å². The first kappa shape index (κ1) is 18.9. The van der Waals surface area contributed by atoms with Crippen molar-refractivity contribution in [1.82, 2.24) is 10.3 Å². The number of carbonyl (C=O) groups excluding carboxylic acids is 2. The number of amides is 2. The maximum atomic E-state index is 12.3. The summed E-state index contributed by atoms with van der Waals surface area (Å²) < 4.78 is 6.00. The Kier molecular flexibility index (Phi) is 6.41. The Balaban J connectivity index is 1.52. The van der Waals surface area contributed by atoms with Crippen LogP contribution in [0.4, 0.5) is 5.69 Å². The van der Waals surface area contributed by atoms with Crippen molar-refractivity contribution < 1.29 is 14.3 Å². The number of rotatable bonds is 7. The second-order valence-corrected chi connectivity index (χ2v) is 6.82. The van der Waals surface area contributed by atoms with Crippen molar-refractivity contribution in [1.29, 1.82) is 0 Å². The number of ether oxygens (including phenoxy) is 1. The van der Waals surface area contributed by atoms with Crippen LogP contribution in [-0.2, 0) is 22.6 Å². The van der Waals surface area contributed by atoms with Gasteiger partial charge in [-0.3, -0.25) is 9.59 Å². The number of aromatic nitrogens is 1. The highest BCUT2D eigenvalue weighted by Crippen LogP contribution is 2.24. The minimum absolute atomic E-state index is 0.0713. The minimum atomic E-state index is -0.118. The molecule has 3 rings (SSSR count). The van der Waals surface area contributed by atoms with Crippen LogP contribution in [0.5, 0.6) is 5.88 Å². The van der Waals surface area contributed by atoms with E-state index >= 15 is 0 Å². The predicted octanol–water partition coefficient (Wildman–Crippen LogP) is 3.22. The summed E-state index contributed by atoms with van der Waals surface area (Å²) in [5, 5.41) is 5.64. The second-order valence-electron chi connectivity index (χ2n) is 6.82. The summed E-state index contributed by atoms with van der Waals surface area (Å²) >= 11 is 0. The lowest BCUT2D eigenvalue weighted by molar-refractivity contribution is -0.120. The first-order valence-corrected chi connectivity index (χ1v) is 9.34. The SMILES string of the molecule is CC(=O)Nc1ccc(CC(=O)NCc2cccnc2OC2CCCC2)cc1. The molecule has 0 aliphatic heterocycles. The van der Waals surface area contributed by atoms with Crippen molar-refractivity contribution >= 4 is 17.5 Å². The van der Waals surface area contributed by atoms with Gasteiger partial charge in [0.25, 0.3) is 0 Å². The number of carbonyl (C=O) groups is 2. The monoisotopic (exact) mass is 367 g/mol. The van der Waals surface area contributed by atoms with Crippen LogP contribution in [0, 0.1) is 0 Å². The number of hydrogen-bond acceptors (Lipinski definition) is 4. The number of nitrogens with zero attached hydrogens (tertiary/aromatic N) is 1. The quantitative estimate of drug-likeness (QED) is 0.787. The van der Waals surface area contributed by atoms with Gasteiger partial charge in [-0.15, -0.1) is 0 Å². The zero-order valence-corrected chi connectivity index (χ0v) is 15.5. The van der Waals surface area contributed by atoms with Crippen molar-refractivity contribution in [3.63, 3.8) is 0 Å². The Bertz CT molecular complexity index is 784. The van der Waals surface area contributed by atoms with Crippen LogP contribution < -0.4 is 15.4 Å². The molecule has 0 bridgehead atoms. The highest BCUT2D eigenvalue weighted by molar-refractivity contribution is 5.88. The van der Waals surface area contributed by atoms with E-state index in [0.29, 0.717) is 12.4 Å². The lowest BCUT2D eigenvalue weighted by atomic mass is 10.1. The summed E-state index contributed by atoms with van der Waals surface area (Å²) in [4.78, 5) is 27.6. The maximum absolute atomic E-state index is 12.3. The van der Waals surface area contributed by atoms with Crippen LogP contribution in [0.15, 0.2) is 42.6 Å². The third-order valence-corrected chi connectivity index (χ3v) is 4.55. The third kappa shape index (κ3) is 5.81. The molecule has 0 radical (unpaired) electrons. The van der Waals surface area contributed by atoms with Crippen LogP contribution >= 0.6 is 0 Å². The molecule has 1 saturated carbocycles. The molecule has 2 amide bonds. The molecule has 2 N–H and O–H groups in total. The molecular weight excluding hydrogens is 342 g/mol. The number of benzene rings is 1. The van der Waals surface area contributed by atoms with E-state index in [1.54, 1.807) is 18.3 Å². The summed E-state index contributed by atoms with van der Waals surface area (Å²) in [6, 6.07) is 11.0. The van der Waals surface area contributed by atoms with Crippen LogP contribution in [0.2, 0.25) is 0 Å². The van der Waals surface area contributed by atoms with Crippen molar-refractivity contribution in [3.05, 3.63) is 53.7 Å². The van der Waals surface area contributed by atoms with Gasteiger partial charge in [0.1, 0.15) is 6.10 Å². The summed E-state index contributed by atoms with van der Waals surface area (Å²) in [6.07, 6.45) is 6.75. The zero-order valence-electron chi connectivity index (χ0n) is 15.5. The van der Waals surface area contributed by atoms with Crippen LogP contribution in [0.25, 0.3) is 0 Å². The van der Waals surface area contributed by atoms with Gasteiger partial charge >= 0.3 is 0 Å². The summed E-state index contributed by atoms with van der Waals surface area (Å²) in [5.74, 6) is 0.426. The van der Waals surface area contributed by atoms with Crippen LogP contribution in [-0.4, -0.2) is 22.9 Å². The van der Waals surface area contributed by atoms with Gasteiger partial charge in [-0.25, -0.2) is 4.98 Å². The summed E-state index contributed by atoms with van der Waals surface area (Å²) in [6.45, 7) is 1.85. The molecule has 1 aliphatic carbocycles. The lowest BCUT2D eigenvalue weighted by Crippen LogP contribution is -2.25. The Morgan fingerprint density at radius 3 is 2.59 bits per heavy atom. The first-order valence-electron chi connectivity index (χ1n) is 9.34. The third-order valence-electron chi connectivity index (χ3n) is 4.55. The molecule has 0 saturated heterocycles. The number of pyridine rings is 1.